The normalized spacial score (nSPS) is 25.5. The minimum Gasteiger partial charge on any atom is -0.481 e. The van der Waals surface area contributed by atoms with E-state index in [-0.39, 0.29) is 11.5 Å². The molecule has 2 aromatic carbocycles. The summed E-state index contributed by atoms with van der Waals surface area (Å²) in [6.45, 7) is 1.56. The number of hydrogen-bond donors (Lipinski definition) is 1. The summed E-state index contributed by atoms with van der Waals surface area (Å²) in [6, 6.07) is 18.6. The first-order chi connectivity index (χ1) is 11.8. The van der Waals surface area contributed by atoms with Gasteiger partial charge in [-0.3, -0.25) is 0 Å². The molecule has 1 aliphatic carbocycles. The first kappa shape index (κ1) is 15.2. The molecular formula is C20H22N2O2. The van der Waals surface area contributed by atoms with Gasteiger partial charge in [0.2, 0.25) is 0 Å². The van der Waals surface area contributed by atoms with Crippen molar-refractivity contribution in [2.24, 2.45) is 11.1 Å². The van der Waals surface area contributed by atoms with Gasteiger partial charge in [-0.05, 0) is 37.7 Å². The maximum atomic E-state index is 6.41. The van der Waals surface area contributed by atoms with E-state index in [0.29, 0.717) is 6.61 Å². The van der Waals surface area contributed by atoms with Crippen molar-refractivity contribution in [3.8, 4) is 5.75 Å². The number of benzene rings is 2. The molecule has 0 amide bonds. The van der Waals surface area contributed by atoms with Crippen LogP contribution in [0.5, 0.6) is 5.75 Å². The fourth-order valence-corrected chi connectivity index (χ4v) is 3.47. The van der Waals surface area contributed by atoms with E-state index < -0.39 is 0 Å². The Hall–Kier alpha value is -2.33. The molecule has 4 nitrogen and oxygen atoms in total. The highest BCUT2D eigenvalue weighted by Gasteiger charge is 2.64. The van der Waals surface area contributed by atoms with Crippen LogP contribution in [0.1, 0.15) is 24.0 Å². The highest BCUT2D eigenvalue weighted by atomic mass is 16.6. The largest absolute Gasteiger partial charge is 0.481 e. The summed E-state index contributed by atoms with van der Waals surface area (Å²) in [5.74, 6) is 1.16. The SMILES string of the molecule is CNCCCON=C1c2ccccc2OC2(c3ccccc3)CC12. The van der Waals surface area contributed by atoms with Gasteiger partial charge in [0, 0.05) is 12.0 Å². The van der Waals surface area contributed by atoms with Crippen LogP contribution in [0.25, 0.3) is 0 Å². The van der Waals surface area contributed by atoms with Gasteiger partial charge in [-0.15, -0.1) is 0 Å². The van der Waals surface area contributed by atoms with Crippen LogP contribution in [0.3, 0.4) is 0 Å². The van der Waals surface area contributed by atoms with Crippen LogP contribution in [-0.2, 0) is 10.4 Å². The molecule has 1 saturated carbocycles. The third-order valence-corrected chi connectivity index (χ3v) is 4.78. The second-order valence-electron chi connectivity index (χ2n) is 6.38. The Morgan fingerprint density at radius 3 is 2.79 bits per heavy atom. The predicted octanol–water partition coefficient (Wildman–Crippen LogP) is 3.32. The summed E-state index contributed by atoms with van der Waals surface area (Å²) in [5.41, 5.74) is 3.01. The third kappa shape index (κ3) is 2.57. The van der Waals surface area contributed by atoms with Crippen LogP contribution in [0.15, 0.2) is 59.8 Å². The van der Waals surface area contributed by atoms with Gasteiger partial charge >= 0.3 is 0 Å². The molecule has 4 rings (SSSR count). The van der Waals surface area contributed by atoms with Gasteiger partial charge in [-0.1, -0.05) is 47.6 Å². The fourth-order valence-electron chi connectivity index (χ4n) is 3.47. The molecule has 0 spiro atoms. The first-order valence-electron chi connectivity index (χ1n) is 8.53. The van der Waals surface area contributed by atoms with E-state index in [9.17, 15) is 0 Å². The van der Waals surface area contributed by atoms with E-state index in [1.165, 1.54) is 5.56 Å². The maximum Gasteiger partial charge on any atom is 0.143 e. The highest BCUT2D eigenvalue weighted by Crippen LogP contribution is 2.60. The zero-order chi connectivity index (χ0) is 16.4. The Labute approximate surface area is 142 Å². The Morgan fingerprint density at radius 2 is 1.96 bits per heavy atom. The van der Waals surface area contributed by atoms with Crippen LogP contribution in [0, 0.1) is 5.92 Å². The summed E-state index contributed by atoms with van der Waals surface area (Å²) in [6.07, 6.45) is 1.89. The Bertz CT molecular complexity index is 744. The number of oxime groups is 1. The molecule has 0 bridgehead atoms. The molecule has 0 aromatic heterocycles. The van der Waals surface area contributed by atoms with Gasteiger partial charge in [0.15, 0.2) is 0 Å². The van der Waals surface area contributed by atoms with Crippen molar-refractivity contribution < 1.29 is 9.57 Å². The lowest BCUT2D eigenvalue weighted by atomic mass is 9.96. The summed E-state index contributed by atoms with van der Waals surface area (Å²) >= 11 is 0. The van der Waals surface area contributed by atoms with Gasteiger partial charge in [0.25, 0.3) is 0 Å². The lowest BCUT2D eigenvalue weighted by Crippen LogP contribution is -2.28. The van der Waals surface area contributed by atoms with Crippen LogP contribution in [-0.4, -0.2) is 25.9 Å². The minimum absolute atomic E-state index is 0.263. The molecule has 124 valence electrons. The summed E-state index contributed by atoms with van der Waals surface area (Å²) in [7, 11) is 1.94. The zero-order valence-electron chi connectivity index (χ0n) is 13.9. The van der Waals surface area contributed by atoms with Gasteiger partial charge in [-0.2, -0.15) is 0 Å². The number of nitrogens with one attached hydrogen (secondary N) is 1. The quantitative estimate of drug-likeness (QED) is 0.655. The molecule has 2 atom stereocenters. The van der Waals surface area contributed by atoms with Crippen molar-refractivity contribution in [2.75, 3.05) is 20.2 Å². The molecule has 2 aliphatic rings. The molecule has 0 saturated heterocycles. The second-order valence-corrected chi connectivity index (χ2v) is 6.38. The average Bonchev–Trinajstić information content (AvgIpc) is 3.37. The average molecular weight is 322 g/mol. The number of nitrogens with zero attached hydrogens (tertiary/aromatic N) is 1. The van der Waals surface area contributed by atoms with E-state index in [1.807, 2.05) is 31.3 Å². The number of hydrogen-bond acceptors (Lipinski definition) is 4. The Kier molecular flexibility index (Phi) is 3.98. The molecular weight excluding hydrogens is 300 g/mol. The van der Waals surface area contributed by atoms with E-state index >= 15 is 0 Å². The minimum atomic E-state index is -0.275. The van der Waals surface area contributed by atoms with Gasteiger partial charge < -0.3 is 14.9 Å². The number of ether oxygens (including phenoxy) is 1. The lowest BCUT2D eigenvalue weighted by Gasteiger charge is -2.27. The monoisotopic (exact) mass is 322 g/mol. The molecule has 1 fully saturated rings. The van der Waals surface area contributed by atoms with Crippen molar-refractivity contribution in [2.45, 2.75) is 18.4 Å². The number of rotatable bonds is 6. The van der Waals surface area contributed by atoms with Gasteiger partial charge in [0.1, 0.15) is 18.0 Å². The van der Waals surface area contributed by atoms with E-state index in [4.69, 9.17) is 9.57 Å². The topological polar surface area (TPSA) is 42.8 Å². The molecule has 2 unspecified atom stereocenters. The molecule has 4 heteroatoms. The van der Waals surface area contributed by atoms with E-state index in [2.05, 4.69) is 40.8 Å². The standard InChI is InChI=1S/C20H22N2O2/c1-21-12-7-13-23-22-19-16-10-5-6-11-18(16)24-20(14-17(19)20)15-8-3-2-4-9-15/h2-6,8-11,17,21H,7,12-14H2,1H3. The van der Waals surface area contributed by atoms with Gasteiger partial charge in [-0.25, -0.2) is 0 Å². The van der Waals surface area contributed by atoms with Crippen molar-refractivity contribution in [1.82, 2.24) is 5.32 Å². The molecule has 2 aromatic rings. The predicted molar refractivity (Wildman–Crippen MR) is 94.3 cm³/mol. The highest BCUT2D eigenvalue weighted by molar-refractivity contribution is 6.08. The van der Waals surface area contributed by atoms with Gasteiger partial charge in [0.05, 0.1) is 11.6 Å². The fraction of sp³-hybridized carbons (Fsp3) is 0.350. The Morgan fingerprint density at radius 1 is 1.17 bits per heavy atom. The lowest BCUT2D eigenvalue weighted by molar-refractivity contribution is 0.135. The molecule has 1 aliphatic heterocycles. The van der Waals surface area contributed by atoms with Crippen molar-refractivity contribution in [1.29, 1.82) is 0 Å². The number of fused-ring (bicyclic) bond motifs is 2. The molecule has 1 N–H and O–H groups in total. The smallest absolute Gasteiger partial charge is 0.143 e. The van der Waals surface area contributed by atoms with Crippen molar-refractivity contribution in [3.63, 3.8) is 0 Å². The maximum absolute atomic E-state index is 6.41. The van der Waals surface area contributed by atoms with Crippen LogP contribution in [0.2, 0.25) is 0 Å². The van der Waals surface area contributed by atoms with E-state index in [1.54, 1.807) is 0 Å². The van der Waals surface area contributed by atoms with Crippen molar-refractivity contribution >= 4 is 5.71 Å². The molecule has 24 heavy (non-hydrogen) atoms. The van der Waals surface area contributed by atoms with Crippen LogP contribution in [0.4, 0.5) is 0 Å². The molecule has 0 radical (unpaired) electrons. The third-order valence-electron chi connectivity index (χ3n) is 4.78. The first-order valence-corrected chi connectivity index (χ1v) is 8.53. The summed E-state index contributed by atoms with van der Waals surface area (Å²) in [5, 5.41) is 7.62. The van der Waals surface area contributed by atoms with Crippen LogP contribution < -0.4 is 10.1 Å². The summed E-state index contributed by atoms with van der Waals surface area (Å²) in [4.78, 5) is 5.60. The van der Waals surface area contributed by atoms with E-state index in [0.717, 1.165) is 36.4 Å². The van der Waals surface area contributed by atoms with Crippen LogP contribution >= 0.6 is 0 Å². The number of para-hydroxylation sites is 1. The Balaban J connectivity index is 1.63. The summed E-state index contributed by atoms with van der Waals surface area (Å²) < 4.78 is 6.41. The zero-order valence-corrected chi connectivity index (χ0v) is 13.9. The van der Waals surface area contributed by atoms with Crippen molar-refractivity contribution in [3.05, 3.63) is 65.7 Å². The molecule has 1 heterocycles. The second kappa shape index (κ2) is 6.29.